The second-order valence-corrected chi connectivity index (χ2v) is 8.14. The summed E-state index contributed by atoms with van der Waals surface area (Å²) in [5, 5.41) is 1.32. The Balaban J connectivity index is 1.85. The molecule has 0 fully saturated rings. The maximum Gasteiger partial charge on any atom is 0.119 e. The first kappa shape index (κ1) is 18.6. The zero-order valence-electron chi connectivity index (χ0n) is 14.8. The Morgan fingerprint density at radius 2 is 1.38 bits per heavy atom. The van der Waals surface area contributed by atoms with Gasteiger partial charge in [0.15, 0.2) is 0 Å². The molecule has 0 bridgehead atoms. The number of thioether (sulfide) groups is 2. The number of aliphatic imine (C=N–C) groups is 1. The van der Waals surface area contributed by atoms with Crippen molar-refractivity contribution in [2.24, 2.45) is 4.99 Å². The summed E-state index contributed by atoms with van der Waals surface area (Å²) < 4.78 is 5.24. The molecule has 3 rings (SSSR count). The minimum absolute atomic E-state index is 0.240. The van der Waals surface area contributed by atoms with Gasteiger partial charge in [-0.25, -0.2) is 4.99 Å². The number of hydrogen-bond acceptors (Lipinski definition) is 4. The molecule has 0 saturated carbocycles. The van der Waals surface area contributed by atoms with E-state index in [1.807, 2.05) is 48.2 Å². The van der Waals surface area contributed by atoms with Crippen molar-refractivity contribution in [1.82, 2.24) is 0 Å². The van der Waals surface area contributed by atoms with E-state index in [0.717, 1.165) is 16.5 Å². The van der Waals surface area contributed by atoms with Crippen LogP contribution in [-0.4, -0.2) is 17.4 Å². The van der Waals surface area contributed by atoms with Gasteiger partial charge >= 0.3 is 0 Å². The first-order valence-electron chi connectivity index (χ1n) is 8.42. The highest BCUT2D eigenvalue weighted by atomic mass is 32.2. The highest BCUT2D eigenvalue weighted by Gasteiger charge is 2.14. The second-order valence-electron chi connectivity index (χ2n) is 5.64. The monoisotopic (exact) mass is 379 g/mol. The molecule has 3 aromatic rings. The summed E-state index contributed by atoms with van der Waals surface area (Å²) in [5.74, 6) is 0.841. The van der Waals surface area contributed by atoms with E-state index in [9.17, 15) is 0 Å². The lowest BCUT2D eigenvalue weighted by Crippen LogP contribution is -2.09. The zero-order chi connectivity index (χ0) is 18.2. The molecule has 0 aromatic heterocycles. The van der Waals surface area contributed by atoms with Crippen LogP contribution in [0.5, 0.6) is 5.75 Å². The molecule has 132 valence electrons. The van der Waals surface area contributed by atoms with Gasteiger partial charge in [-0.15, -0.1) is 11.8 Å². The maximum absolute atomic E-state index is 5.24. The van der Waals surface area contributed by atoms with Crippen molar-refractivity contribution in [2.45, 2.75) is 22.0 Å². The smallest absolute Gasteiger partial charge is 0.119 e. The molecule has 4 heteroatoms. The molecular weight excluding hydrogens is 358 g/mol. The highest BCUT2D eigenvalue weighted by Crippen LogP contribution is 2.32. The summed E-state index contributed by atoms with van der Waals surface area (Å²) in [7, 11) is 1.67. The van der Waals surface area contributed by atoms with Gasteiger partial charge in [0.1, 0.15) is 5.75 Å². The lowest BCUT2D eigenvalue weighted by atomic mass is 10.3. The lowest BCUT2D eigenvalue weighted by molar-refractivity contribution is 0.415. The van der Waals surface area contributed by atoms with Crippen molar-refractivity contribution >= 4 is 34.3 Å². The second kappa shape index (κ2) is 9.51. The first-order valence-corrected chi connectivity index (χ1v) is 10.1. The fraction of sp³-hybridized carbons (Fsp3) is 0.136. The van der Waals surface area contributed by atoms with E-state index in [1.54, 1.807) is 18.9 Å². The van der Waals surface area contributed by atoms with Gasteiger partial charge in [-0.05, 0) is 55.5 Å². The largest absolute Gasteiger partial charge is 0.497 e. The Hall–Kier alpha value is -2.17. The van der Waals surface area contributed by atoms with E-state index in [0.29, 0.717) is 0 Å². The molecule has 0 aliphatic carbocycles. The molecule has 0 aliphatic heterocycles. The summed E-state index contributed by atoms with van der Waals surface area (Å²) in [5.41, 5.74) is 0.935. The zero-order valence-corrected chi connectivity index (χ0v) is 16.5. The number of rotatable bonds is 6. The van der Waals surface area contributed by atoms with Crippen molar-refractivity contribution in [2.75, 3.05) is 7.11 Å². The van der Waals surface area contributed by atoms with Gasteiger partial charge in [0.05, 0.1) is 23.1 Å². The summed E-state index contributed by atoms with van der Waals surface area (Å²) >= 11 is 3.54. The van der Waals surface area contributed by atoms with Gasteiger partial charge in [0.25, 0.3) is 0 Å². The van der Waals surface area contributed by atoms with Crippen molar-refractivity contribution in [1.29, 1.82) is 0 Å². The van der Waals surface area contributed by atoms with Crippen molar-refractivity contribution < 1.29 is 4.74 Å². The molecule has 0 N–H and O–H groups in total. The van der Waals surface area contributed by atoms with Crippen molar-refractivity contribution in [3.8, 4) is 5.75 Å². The van der Waals surface area contributed by atoms with Crippen LogP contribution in [0.25, 0.3) is 0 Å². The van der Waals surface area contributed by atoms with Gasteiger partial charge in [-0.3, -0.25) is 0 Å². The normalized spacial score (nSPS) is 12.6. The third-order valence-electron chi connectivity index (χ3n) is 3.68. The number of nitrogens with zero attached hydrogens (tertiary/aromatic N) is 1. The number of hydrogen-bond donors (Lipinski definition) is 0. The number of methoxy groups -OCH3 is 1. The average Bonchev–Trinajstić information content (AvgIpc) is 2.69. The Morgan fingerprint density at radius 3 is 1.96 bits per heavy atom. The van der Waals surface area contributed by atoms with E-state index in [-0.39, 0.29) is 5.25 Å². The first-order chi connectivity index (χ1) is 12.7. The molecule has 26 heavy (non-hydrogen) atoms. The molecule has 0 heterocycles. The average molecular weight is 380 g/mol. The van der Waals surface area contributed by atoms with Crippen LogP contribution in [0.2, 0.25) is 0 Å². The standard InChI is InChI=1S/C22H21NOS2/c1-17(25-20-9-5-3-6-10-20)22(26-21-11-7-4-8-12-21)23-18-13-15-19(24-2)16-14-18/h3-17H,1-2H3. The molecule has 0 spiro atoms. The molecule has 0 aliphatic rings. The van der Waals surface area contributed by atoms with E-state index in [2.05, 4.69) is 55.5 Å². The molecule has 2 nitrogen and oxygen atoms in total. The van der Waals surface area contributed by atoms with Crippen LogP contribution in [0, 0.1) is 0 Å². The fourth-order valence-corrected chi connectivity index (χ4v) is 4.36. The lowest BCUT2D eigenvalue weighted by Gasteiger charge is -2.15. The van der Waals surface area contributed by atoms with E-state index >= 15 is 0 Å². The van der Waals surface area contributed by atoms with Crippen LogP contribution in [0.4, 0.5) is 5.69 Å². The third-order valence-corrected chi connectivity index (χ3v) is 6.11. The summed E-state index contributed by atoms with van der Waals surface area (Å²) in [4.78, 5) is 7.37. The Labute approximate surface area is 163 Å². The summed E-state index contributed by atoms with van der Waals surface area (Å²) in [6.07, 6.45) is 0. The molecule has 0 amide bonds. The van der Waals surface area contributed by atoms with E-state index in [1.165, 1.54) is 9.79 Å². The maximum atomic E-state index is 5.24. The van der Waals surface area contributed by atoms with Crippen molar-refractivity contribution in [3.63, 3.8) is 0 Å². The van der Waals surface area contributed by atoms with Gasteiger partial charge in [-0.1, -0.05) is 48.2 Å². The SMILES string of the molecule is COc1ccc(N=C(Sc2ccccc2)C(C)Sc2ccccc2)cc1. The van der Waals surface area contributed by atoms with Gasteiger partial charge in [0, 0.05) is 9.79 Å². The Kier molecular flexibility index (Phi) is 6.81. The molecular formula is C22H21NOS2. The number of benzene rings is 3. The minimum Gasteiger partial charge on any atom is -0.497 e. The predicted octanol–water partition coefficient (Wildman–Crippen LogP) is 6.70. The minimum atomic E-state index is 0.240. The van der Waals surface area contributed by atoms with Crippen LogP contribution >= 0.6 is 23.5 Å². The summed E-state index contributed by atoms with van der Waals surface area (Å²) in [6, 6.07) is 28.7. The van der Waals surface area contributed by atoms with Crippen LogP contribution < -0.4 is 4.74 Å². The molecule has 1 unspecified atom stereocenters. The van der Waals surface area contributed by atoms with E-state index < -0.39 is 0 Å². The van der Waals surface area contributed by atoms with Gasteiger partial charge in [-0.2, -0.15) is 0 Å². The Morgan fingerprint density at radius 1 is 0.808 bits per heavy atom. The molecule has 3 aromatic carbocycles. The highest BCUT2D eigenvalue weighted by molar-refractivity contribution is 8.16. The molecule has 0 radical (unpaired) electrons. The van der Waals surface area contributed by atoms with E-state index in [4.69, 9.17) is 9.73 Å². The van der Waals surface area contributed by atoms with Crippen LogP contribution in [-0.2, 0) is 0 Å². The van der Waals surface area contributed by atoms with Gasteiger partial charge in [0.2, 0.25) is 0 Å². The van der Waals surface area contributed by atoms with Crippen LogP contribution in [0.1, 0.15) is 6.92 Å². The Bertz CT molecular complexity index is 833. The predicted molar refractivity (Wildman–Crippen MR) is 114 cm³/mol. The summed E-state index contributed by atoms with van der Waals surface area (Å²) in [6.45, 7) is 2.20. The fourth-order valence-electron chi connectivity index (χ4n) is 2.34. The van der Waals surface area contributed by atoms with Gasteiger partial charge < -0.3 is 4.74 Å². The molecule has 0 saturated heterocycles. The van der Waals surface area contributed by atoms with Crippen LogP contribution in [0.15, 0.2) is 99.7 Å². The topological polar surface area (TPSA) is 21.6 Å². The number of ether oxygens (including phenoxy) is 1. The molecule has 1 atom stereocenters. The third kappa shape index (κ3) is 5.41. The quantitative estimate of drug-likeness (QED) is 0.270. The van der Waals surface area contributed by atoms with Crippen molar-refractivity contribution in [3.05, 3.63) is 84.9 Å². The van der Waals surface area contributed by atoms with Crippen LogP contribution in [0.3, 0.4) is 0 Å².